The lowest BCUT2D eigenvalue weighted by atomic mass is 10.2. The predicted octanol–water partition coefficient (Wildman–Crippen LogP) is 3.40. The van der Waals surface area contributed by atoms with E-state index >= 15 is 0 Å². The molecule has 0 bridgehead atoms. The second-order valence-electron chi connectivity index (χ2n) is 4.19. The van der Waals surface area contributed by atoms with Gasteiger partial charge in [0.25, 0.3) is 0 Å². The van der Waals surface area contributed by atoms with Crippen LogP contribution in [0.3, 0.4) is 0 Å². The summed E-state index contributed by atoms with van der Waals surface area (Å²) in [4.78, 5) is 11.3. The summed E-state index contributed by atoms with van der Waals surface area (Å²) in [7, 11) is 0. The first-order valence-electron chi connectivity index (χ1n) is 5.91. The third kappa shape index (κ3) is 3.56. The number of anilines is 1. The summed E-state index contributed by atoms with van der Waals surface area (Å²) in [6, 6.07) is 6.75. The van der Waals surface area contributed by atoms with E-state index in [0.29, 0.717) is 5.69 Å². The summed E-state index contributed by atoms with van der Waals surface area (Å²) < 4.78 is 38.5. The average Bonchev–Trinajstić information content (AvgIpc) is 2.88. The van der Waals surface area contributed by atoms with Crippen molar-refractivity contribution in [2.75, 3.05) is 5.32 Å². The molecule has 1 amide bonds. The molecule has 0 radical (unpaired) electrons. The minimum absolute atomic E-state index is 0.103. The van der Waals surface area contributed by atoms with Gasteiger partial charge in [-0.25, -0.2) is 4.68 Å². The first-order chi connectivity index (χ1) is 10.3. The molecule has 5 nitrogen and oxygen atoms in total. The predicted molar refractivity (Wildman–Crippen MR) is 72.4 cm³/mol. The number of alkyl halides is 3. The Bertz CT molecular complexity index is 748. The molecule has 2 rings (SSSR count). The second kappa shape index (κ2) is 6.07. The van der Waals surface area contributed by atoms with Crippen molar-refractivity contribution in [3.63, 3.8) is 0 Å². The molecule has 114 valence electrons. The van der Waals surface area contributed by atoms with Crippen molar-refractivity contribution in [3.8, 4) is 11.8 Å². The van der Waals surface area contributed by atoms with E-state index in [0.717, 1.165) is 16.9 Å². The van der Waals surface area contributed by atoms with Gasteiger partial charge in [-0.05, 0) is 24.3 Å². The van der Waals surface area contributed by atoms with Crippen molar-refractivity contribution in [2.24, 2.45) is 0 Å². The van der Waals surface area contributed by atoms with Gasteiger partial charge in [-0.15, -0.1) is 0 Å². The number of hydrogen-bond donors (Lipinski definition) is 1. The Balaban J connectivity index is 2.25. The van der Waals surface area contributed by atoms with E-state index in [-0.39, 0.29) is 17.1 Å². The highest BCUT2D eigenvalue weighted by molar-refractivity contribution is 6.32. The lowest BCUT2D eigenvalue weighted by Gasteiger charge is -2.08. The Labute approximate surface area is 127 Å². The van der Waals surface area contributed by atoms with Crippen LogP contribution in [0.2, 0.25) is 5.02 Å². The molecule has 0 saturated heterocycles. The number of nitrogens with zero attached hydrogens (tertiary/aromatic N) is 3. The van der Waals surface area contributed by atoms with Gasteiger partial charge in [-0.2, -0.15) is 23.5 Å². The van der Waals surface area contributed by atoms with Crippen LogP contribution >= 0.6 is 11.6 Å². The van der Waals surface area contributed by atoms with E-state index in [1.54, 1.807) is 6.07 Å². The zero-order valence-electron chi connectivity index (χ0n) is 10.9. The van der Waals surface area contributed by atoms with Crippen LogP contribution in [0.1, 0.15) is 12.1 Å². The topological polar surface area (TPSA) is 70.7 Å². The molecule has 0 unspecified atom stereocenters. The van der Waals surface area contributed by atoms with Gasteiger partial charge in [0.05, 0.1) is 16.8 Å². The van der Waals surface area contributed by atoms with E-state index in [2.05, 4.69) is 10.4 Å². The first kappa shape index (κ1) is 15.9. The maximum absolute atomic E-state index is 12.5. The third-order valence-electron chi connectivity index (χ3n) is 2.60. The molecular weight excluding hydrogens is 321 g/mol. The number of aromatic nitrogens is 2. The van der Waals surface area contributed by atoms with Crippen molar-refractivity contribution in [2.45, 2.75) is 12.6 Å². The molecule has 1 N–H and O–H groups in total. The smallest absolute Gasteiger partial charge is 0.325 e. The van der Waals surface area contributed by atoms with Crippen molar-refractivity contribution in [3.05, 3.63) is 41.2 Å². The van der Waals surface area contributed by atoms with Crippen LogP contribution in [0.15, 0.2) is 30.5 Å². The lowest BCUT2D eigenvalue weighted by molar-refractivity contribution is -0.141. The second-order valence-corrected chi connectivity index (χ2v) is 4.60. The number of carbonyl (C=O) groups is 1. The van der Waals surface area contributed by atoms with Gasteiger partial charge in [0.15, 0.2) is 5.69 Å². The molecule has 0 saturated carbocycles. The molecule has 22 heavy (non-hydrogen) atoms. The molecule has 2 aromatic rings. The van der Waals surface area contributed by atoms with Crippen LogP contribution in [-0.2, 0) is 11.0 Å². The third-order valence-corrected chi connectivity index (χ3v) is 2.90. The van der Waals surface area contributed by atoms with Crippen LogP contribution < -0.4 is 5.32 Å². The molecule has 1 aromatic heterocycles. The number of halogens is 4. The van der Waals surface area contributed by atoms with Crippen molar-refractivity contribution >= 4 is 23.2 Å². The number of hydrogen-bond acceptors (Lipinski definition) is 3. The molecule has 0 aliphatic heterocycles. The first-order valence-corrected chi connectivity index (χ1v) is 6.28. The zero-order valence-corrected chi connectivity index (χ0v) is 11.6. The van der Waals surface area contributed by atoms with Gasteiger partial charge in [0.2, 0.25) is 5.91 Å². The molecule has 1 aromatic carbocycles. The minimum atomic E-state index is -4.54. The standard InChI is InChI=1S/C13H8ClF3N4O/c14-9-7-8(19-12(22)3-5-18)1-2-10(9)21-6-4-11(20-21)13(15,16)17/h1-2,4,6-7H,3H2,(H,19,22). The van der Waals surface area contributed by atoms with Crippen LogP contribution in [0.5, 0.6) is 0 Å². The number of carbonyl (C=O) groups excluding carboxylic acids is 1. The van der Waals surface area contributed by atoms with Crippen molar-refractivity contribution in [1.29, 1.82) is 5.26 Å². The van der Waals surface area contributed by atoms with Gasteiger partial charge >= 0.3 is 6.18 Å². The molecule has 1 heterocycles. The quantitative estimate of drug-likeness (QED) is 0.938. The van der Waals surface area contributed by atoms with Crippen molar-refractivity contribution < 1.29 is 18.0 Å². The van der Waals surface area contributed by atoms with Gasteiger partial charge in [0, 0.05) is 11.9 Å². The minimum Gasteiger partial charge on any atom is -0.325 e. The highest BCUT2D eigenvalue weighted by Gasteiger charge is 2.33. The summed E-state index contributed by atoms with van der Waals surface area (Å²) in [5.74, 6) is -0.509. The summed E-state index contributed by atoms with van der Waals surface area (Å²) in [6.45, 7) is 0. The zero-order chi connectivity index (χ0) is 16.3. The highest BCUT2D eigenvalue weighted by Crippen LogP contribution is 2.29. The molecule has 0 atom stereocenters. The Morgan fingerprint density at radius 2 is 2.14 bits per heavy atom. The van der Waals surface area contributed by atoms with Gasteiger partial charge in [-0.1, -0.05) is 11.6 Å². The fourth-order valence-corrected chi connectivity index (χ4v) is 1.92. The average molecular weight is 329 g/mol. The Kier molecular flexibility index (Phi) is 4.37. The Morgan fingerprint density at radius 3 is 2.68 bits per heavy atom. The summed E-state index contributed by atoms with van der Waals surface area (Å²) in [5.41, 5.74) is -0.470. The maximum atomic E-state index is 12.5. The number of benzene rings is 1. The van der Waals surface area contributed by atoms with Crippen LogP contribution in [0.4, 0.5) is 18.9 Å². The van der Waals surface area contributed by atoms with Gasteiger partial charge < -0.3 is 5.32 Å². The summed E-state index contributed by atoms with van der Waals surface area (Å²) >= 11 is 5.99. The summed E-state index contributed by atoms with van der Waals surface area (Å²) in [6.07, 6.45) is -3.71. The van der Waals surface area contributed by atoms with Crippen LogP contribution in [-0.4, -0.2) is 15.7 Å². The molecule has 0 spiro atoms. The van der Waals surface area contributed by atoms with E-state index < -0.39 is 17.8 Å². The molecule has 0 fully saturated rings. The number of rotatable bonds is 3. The molecule has 0 aliphatic carbocycles. The number of amides is 1. The molecule has 9 heteroatoms. The van der Waals surface area contributed by atoms with E-state index in [1.807, 2.05) is 0 Å². The van der Waals surface area contributed by atoms with E-state index in [1.165, 1.54) is 18.2 Å². The fraction of sp³-hybridized carbons (Fsp3) is 0.154. The van der Waals surface area contributed by atoms with Gasteiger partial charge in [0.1, 0.15) is 6.42 Å². The maximum Gasteiger partial charge on any atom is 0.435 e. The Morgan fingerprint density at radius 1 is 1.41 bits per heavy atom. The number of nitrogens with one attached hydrogen (secondary N) is 1. The monoisotopic (exact) mass is 328 g/mol. The fourth-order valence-electron chi connectivity index (χ4n) is 1.66. The molecular formula is C13H8ClF3N4O. The van der Waals surface area contributed by atoms with Crippen LogP contribution in [0, 0.1) is 11.3 Å². The lowest BCUT2D eigenvalue weighted by Crippen LogP contribution is -2.10. The van der Waals surface area contributed by atoms with E-state index in [9.17, 15) is 18.0 Å². The normalized spacial score (nSPS) is 11.0. The number of nitriles is 1. The van der Waals surface area contributed by atoms with Gasteiger partial charge in [-0.3, -0.25) is 4.79 Å². The SMILES string of the molecule is N#CCC(=O)Nc1ccc(-n2ccc(C(F)(F)F)n2)c(Cl)c1. The molecule has 0 aliphatic rings. The largest absolute Gasteiger partial charge is 0.435 e. The van der Waals surface area contributed by atoms with Crippen molar-refractivity contribution in [1.82, 2.24) is 9.78 Å². The summed E-state index contributed by atoms with van der Waals surface area (Å²) in [5, 5.41) is 14.3. The highest BCUT2D eigenvalue weighted by atomic mass is 35.5. The Hall–Kier alpha value is -2.53. The van der Waals surface area contributed by atoms with E-state index in [4.69, 9.17) is 16.9 Å². The van der Waals surface area contributed by atoms with Crippen LogP contribution in [0.25, 0.3) is 5.69 Å².